The Balaban J connectivity index is 1.43. The zero-order valence-electron chi connectivity index (χ0n) is 16.6. The predicted molar refractivity (Wildman–Crippen MR) is 104 cm³/mol. The number of hydrogen-bond donors (Lipinski definition) is 1. The van der Waals surface area contributed by atoms with Gasteiger partial charge in [0.2, 0.25) is 5.91 Å². The van der Waals surface area contributed by atoms with Gasteiger partial charge in [0, 0.05) is 17.8 Å². The molecule has 8 nitrogen and oxygen atoms in total. The lowest BCUT2D eigenvalue weighted by molar-refractivity contribution is -0.144. The highest BCUT2D eigenvalue weighted by atomic mass is 16.5. The van der Waals surface area contributed by atoms with Gasteiger partial charge in [0.05, 0.1) is 7.11 Å². The molecular weight excluding hydrogens is 374 g/mol. The minimum absolute atomic E-state index is 0.236. The molecule has 0 radical (unpaired) electrons. The number of urea groups is 1. The summed E-state index contributed by atoms with van der Waals surface area (Å²) in [6.07, 6.45) is 4.47. The lowest BCUT2D eigenvalue weighted by atomic mass is 9.83. The summed E-state index contributed by atoms with van der Waals surface area (Å²) in [6.45, 7) is 1.34. The number of nitrogens with one attached hydrogen (secondary N) is 1. The minimum atomic E-state index is -0.939. The van der Waals surface area contributed by atoms with E-state index in [1.807, 2.05) is 6.92 Å². The van der Waals surface area contributed by atoms with Crippen LogP contribution < -0.4 is 10.1 Å². The number of ether oxygens (including phenoxy) is 1. The van der Waals surface area contributed by atoms with Crippen LogP contribution in [0.25, 0.3) is 0 Å². The summed E-state index contributed by atoms with van der Waals surface area (Å²) < 4.78 is 5.11. The van der Waals surface area contributed by atoms with Crippen LogP contribution in [0, 0.1) is 17.8 Å². The second kappa shape index (κ2) is 7.50. The van der Waals surface area contributed by atoms with E-state index in [2.05, 4.69) is 5.32 Å². The standard InChI is InChI=1S/C21H25N3O5/c1-12(17-9-13-6-7-14(17)8-13)24-20(27)19(26)23(21(24)28)11-18(25)22-15-4-3-5-16(10-15)29-2/h3-5,10,12-14,17H,6-9,11H2,1-2H3,(H,22,25). The Morgan fingerprint density at radius 1 is 1.21 bits per heavy atom. The molecule has 3 fully saturated rings. The SMILES string of the molecule is COc1cccc(NC(=O)CN2C(=O)C(=O)N(C(C)C3CC4CCC3C4)C2=O)c1. The number of carbonyl (C=O) groups excluding carboxylic acids is 4. The average Bonchev–Trinajstić information content (AvgIpc) is 3.39. The molecule has 5 amide bonds. The molecule has 154 valence electrons. The summed E-state index contributed by atoms with van der Waals surface area (Å²) in [7, 11) is 1.51. The van der Waals surface area contributed by atoms with Gasteiger partial charge in [0.25, 0.3) is 0 Å². The first-order chi connectivity index (χ1) is 13.9. The number of methoxy groups -OCH3 is 1. The van der Waals surface area contributed by atoms with Crippen molar-refractivity contribution in [2.45, 2.75) is 38.6 Å². The van der Waals surface area contributed by atoms with Gasteiger partial charge in [-0.05, 0) is 56.1 Å². The molecule has 1 aliphatic heterocycles. The van der Waals surface area contributed by atoms with Crippen LogP contribution in [-0.2, 0) is 14.4 Å². The van der Waals surface area contributed by atoms with Crippen molar-refractivity contribution in [1.29, 1.82) is 0 Å². The van der Waals surface area contributed by atoms with Crippen LogP contribution in [0.15, 0.2) is 24.3 Å². The second-order valence-electron chi connectivity index (χ2n) is 8.21. The number of anilines is 1. The van der Waals surface area contributed by atoms with Crippen molar-refractivity contribution in [2.24, 2.45) is 17.8 Å². The van der Waals surface area contributed by atoms with Crippen molar-refractivity contribution in [2.75, 3.05) is 19.0 Å². The molecule has 0 spiro atoms. The van der Waals surface area contributed by atoms with E-state index < -0.39 is 30.3 Å². The molecule has 4 atom stereocenters. The van der Waals surface area contributed by atoms with E-state index in [-0.39, 0.29) is 12.0 Å². The lowest BCUT2D eigenvalue weighted by Crippen LogP contribution is -2.45. The van der Waals surface area contributed by atoms with Gasteiger partial charge in [-0.2, -0.15) is 0 Å². The van der Waals surface area contributed by atoms with Crippen molar-refractivity contribution in [3.63, 3.8) is 0 Å². The summed E-state index contributed by atoms with van der Waals surface area (Å²) in [5.41, 5.74) is 0.479. The molecule has 4 rings (SSSR count). The molecule has 2 aliphatic carbocycles. The van der Waals surface area contributed by atoms with Crippen LogP contribution in [0.5, 0.6) is 5.75 Å². The zero-order chi connectivity index (χ0) is 20.7. The largest absolute Gasteiger partial charge is 0.497 e. The number of rotatable bonds is 6. The molecule has 1 aromatic rings. The molecule has 1 saturated heterocycles. The van der Waals surface area contributed by atoms with Gasteiger partial charge in [-0.1, -0.05) is 12.5 Å². The fourth-order valence-electron chi connectivity index (χ4n) is 5.14. The van der Waals surface area contributed by atoms with Crippen LogP contribution in [0.2, 0.25) is 0 Å². The normalized spacial score (nSPS) is 27.0. The molecule has 2 bridgehead atoms. The molecule has 0 aromatic heterocycles. The third-order valence-electron chi connectivity index (χ3n) is 6.56. The highest BCUT2D eigenvalue weighted by Gasteiger charge is 2.52. The monoisotopic (exact) mass is 399 g/mol. The molecule has 4 unspecified atom stereocenters. The maximum absolute atomic E-state index is 12.8. The molecule has 1 N–H and O–H groups in total. The van der Waals surface area contributed by atoms with E-state index in [0.717, 1.165) is 29.1 Å². The van der Waals surface area contributed by atoms with E-state index in [9.17, 15) is 19.2 Å². The number of imide groups is 2. The van der Waals surface area contributed by atoms with Gasteiger partial charge < -0.3 is 10.1 Å². The number of nitrogens with zero attached hydrogens (tertiary/aromatic N) is 2. The van der Waals surface area contributed by atoms with E-state index >= 15 is 0 Å². The summed E-state index contributed by atoms with van der Waals surface area (Å²) in [5.74, 6) is -0.346. The van der Waals surface area contributed by atoms with Gasteiger partial charge in [0.15, 0.2) is 0 Å². The Kier molecular flexibility index (Phi) is 5.02. The van der Waals surface area contributed by atoms with Crippen LogP contribution in [0.1, 0.15) is 32.6 Å². The zero-order valence-corrected chi connectivity index (χ0v) is 16.6. The molecule has 1 aromatic carbocycles. The Hall–Kier alpha value is -2.90. The predicted octanol–water partition coefficient (Wildman–Crippen LogP) is 2.25. The highest BCUT2D eigenvalue weighted by Crippen LogP contribution is 2.50. The van der Waals surface area contributed by atoms with Crippen LogP contribution in [0.4, 0.5) is 10.5 Å². The number of fused-ring (bicyclic) bond motifs is 2. The summed E-state index contributed by atoms with van der Waals surface area (Å²) in [5, 5.41) is 2.63. The highest BCUT2D eigenvalue weighted by molar-refractivity contribution is 6.45. The van der Waals surface area contributed by atoms with Gasteiger partial charge in [-0.3, -0.25) is 19.3 Å². The van der Waals surface area contributed by atoms with Crippen LogP contribution >= 0.6 is 0 Å². The second-order valence-corrected chi connectivity index (χ2v) is 8.21. The Bertz CT molecular complexity index is 870. The maximum Gasteiger partial charge on any atom is 0.334 e. The summed E-state index contributed by atoms with van der Waals surface area (Å²) in [4.78, 5) is 51.9. The van der Waals surface area contributed by atoms with Crippen molar-refractivity contribution >= 4 is 29.4 Å². The summed E-state index contributed by atoms with van der Waals surface area (Å²) >= 11 is 0. The van der Waals surface area contributed by atoms with E-state index in [4.69, 9.17) is 4.74 Å². The van der Waals surface area contributed by atoms with E-state index in [0.29, 0.717) is 23.3 Å². The van der Waals surface area contributed by atoms with Crippen LogP contribution in [0.3, 0.4) is 0 Å². The minimum Gasteiger partial charge on any atom is -0.497 e. The van der Waals surface area contributed by atoms with Gasteiger partial charge >= 0.3 is 17.8 Å². The lowest BCUT2D eigenvalue weighted by Gasteiger charge is -2.32. The average molecular weight is 399 g/mol. The van der Waals surface area contributed by atoms with Crippen molar-refractivity contribution in [3.05, 3.63) is 24.3 Å². The first-order valence-corrected chi connectivity index (χ1v) is 10.0. The molecule has 1 heterocycles. The smallest absolute Gasteiger partial charge is 0.334 e. The number of benzene rings is 1. The molecule has 3 aliphatic rings. The summed E-state index contributed by atoms with van der Waals surface area (Å²) in [6, 6.07) is 5.71. The van der Waals surface area contributed by atoms with Crippen molar-refractivity contribution in [3.8, 4) is 5.75 Å². The first kappa shape index (κ1) is 19.4. The number of carbonyl (C=O) groups is 4. The molecule has 2 saturated carbocycles. The Labute approximate surface area is 169 Å². The van der Waals surface area contributed by atoms with Crippen molar-refractivity contribution < 1.29 is 23.9 Å². The maximum atomic E-state index is 12.8. The quantitative estimate of drug-likeness (QED) is 0.585. The first-order valence-electron chi connectivity index (χ1n) is 10.0. The van der Waals surface area contributed by atoms with Crippen LogP contribution in [-0.4, -0.2) is 53.2 Å². The number of amides is 5. The van der Waals surface area contributed by atoms with E-state index in [1.165, 1.54) is 13.5 Å². The number of hydrogen-bond acceptors (Lipinski definition) is 5. The van der Waals surface area contributed by atoms with Gasteiger partial charge in [-0.25, -0.2) is 9.69 Å². The molecule has 8 heteroatoms. The molecular formula is C21H25N3O5. The van der Waals surface area contributed by atoms with Gasteiger partial charge in [-0.15, -0.1) is 0 Å². The molecule has 29 heavy (non-hydrogen) atoms. The third-order valence-corrected chi connectivity index (χ3v) is 6.56. The Morgan fingerprint density at radius 3 is 2.66 bits per heavy atom. The Morgan fingerprint density at radius 2 is 2.00 bits per heavy atom. The van der Waals surface area contributed by atoms with Gasteiger partial charge in [0.1, 0.15) is 12.3 Å². The fourth-order valence-corrected chi connectivity index (χ4v) is 5.14. The fraction of sp³-hybridized carbons (Fsp3) is 0.524. The topological polar surface area (TPSA) is 96.0 Å². The van der Waals surface area contributed by atoms with Crippen molar-refractivity contribution in [1.82, 2.24) is 9.80 Å². The third kappa shape index (κ3) is 3.47. The van der Waals surface area contributed by atoms with E-state index in [1.54, 1.807) is 24.3 Å².